The van der Waals surface area contributed by atoms with E-state index in [-0.39, 0.29) is 10.8 Å². The van der Waals surface area contributed by atoms with Gasteiger partial charge >= 0.3 is 0 Å². The summed E-state index contributed by atoms with van der Waals surface area (Å²) in [5.41, 5.74) is 0.288. The maximum atomic E-state index is 11.6. The molecule has 1 rings (SSSR count). The molecule has 0 bridgehead atoms. The Balaban J connectivity index is 2.83. The molecule has 0 amide bonds. The Labute approximate surface area is 75.5 Å². The fourth-order valence-electron chi connectivity index (χ4n) is 2.77. The van der Waals surface area contributed by atoms with Crippen LogP contribution in [-0.4, -0.2) is 5.78 Å². The van der Waals surface area contributed by atoms with Crippen LogP contribution < -0.4 is 0 Å². The molecule has 0 aliphatic heterocycles. The summed E-state index contributed by atoms with van der Waals surface area (Å²) in [4.78, 5) is 11.6. The molecule has 0 spiro atoms. The second kappa shape index (κ2) is 2.86. The standard InChI is InChI=1S/C11H20O/c1-5-7-11(6-2)9(12)8-10(11,3)4/h5-8H2,1-4H3. The molecule has 0 aromatic rings. The first-order valence-corrected chi connectivity index (χ1v) is 5.03. The second-order valence-corrected chi connectivity index (χ2v) is 4.67. The van der Waals surface area contributed by atoms with Crippen LogP contribution in [0.2, 0.25) is 0 Å². The summed E-state index contributed by atoms with van der Waals surface area (Å²) in [6.07, 6.45) is 4.02. The minimum Gasteiger partial charge on any atom is -0.299 e. The van der Waals surface area contributed by atoms with E-state index in [4.69, 9.17) is 0 Å². The zero-order valence-corrected chi connectivity index (χ0v) is 8.74. The molecule has 1 saturated carbocycles. The molecule has 12 heavy (non-hydrogen) atoms. The Morgan fingerprint density at radius 2 is 1.92 bits per heavy atom. The van der Waals surface area contributed by atoms with Crippen molar-refractivity contribution in [2.75, 3.05) is 0 Å². The summed E-state index contributed by atoms with van der Waals surface area (Å²) in [5, 5.41) is 0. The quantitative estimate of drug-likeness (QED) is 0.632. The minimum absolute atomic E-state index is 0.0295. The summed E-state index contributed by atoms with van der Waals surface area (Å²) in [6.45, 7) is 8.77. The first kappa shape index (κ1) is 9.76. The molecule has 0 N–H and O–H groups in total. The molecule has 0 aromatic carbocycles. The Bertz CT molecular complexity index is 193. The molecule has 0 radical (unpaired) electrons. The zero-order valence-electron chi connectivity index (χ0n) is 8.74. The molecule has 1 aliphatic carbocycles. The number of hydrogen-bond acceptors (Lipinski definition) is 1. The third-order valence-electron chi connectivity index (χ3n) is 3.71. The largest absolute Gasteiger partial charge is 0.299 e. The van der Waals surface area contributed by atoms with Gasteiger partial charge < -0.3 is 0 Å². The van der Waals surface area contributed by atoms with Crippen molar-refractivity contribution in [3.05, 3.63) is 0 Å². The predicted molar refractivity (Wildman–Crippen MR) is 51.0 cm³/mol. The van der Waals surface area contributed by atoms with E-state index >= 15 is 0 Å². The van der Waals surface area contributed by atoms with Crippen LogP contribution in [0.15, 0.2) is 0 Å². The summed E-state index contributed by atoms with van der Waals surface area (Å²) in [6, 6.07) is 0. The highest BCUT2D eigenvalue weighted by atomic mass is 16.1. The van der Waals surface area contributed by atoms with Crippen LogP contribution in [0, 0.1) is 10.8 Å². The van der Waals surface area contributed by atoms with E-state index in [1.807, 2.05) is 0 Å². The van der Waals surface area contributed by atoms with Crippen LogP contribution in [0.5, 0.6) is 0 Å². The van der Waals surface area contributed by atoms with Gasteiger partial charge in [-0.1, -0.05) is 34.1 Å². The monoisotopic (exact) mass is 168 g/mol. The predicted octanol–water partition coefficient (Wildman–Crippen LogP) is 3.18. The summed E-state index contributed by atoms with van der Waals surface area (Å²) >= 11 is 0. The molecule has 1 atom stereocenters. The van der Waals surface area contributed by atoms with Gasteiger partial charge in [-0.2, -0.15) is 0 Å². The normalized spacial score (nSPS) is 33.2. The van der Waals surface area contributed by atoms with Gasteiger partial charge in [-0.05, 0) is 18.3 Å². The smallest absolute Gasteiger partial charge is 0.140 e. The molecule has 1 fully saturated rings. The average molecular weight is 168 g/mol. The molecule has 1 heteroatoms. The van der Waals surface area contributed by atoms with Gasteiger partial charge in [-0.3, -0.25) is 4.79 Å². The van der Waals surface area contributed by atoms with Gasteiger partial charge in [0.25, 0.3) is 0 Å². The Hall–Kier alpha value is -0.330. The molecule has 0 heterocycles. The Kier molecular flexibility index (Phi) is 2.33. The van der Waals surface area contributed by atoms with Gasteiger partial charge in [0.1, 0.15) is 5.78 Å². The molecular formula is C11H20O. The van der Waals surface area contributed by atoms with Crippen molar-refractivity contribution in [1.82, 2.24) is 0 Å². The minimum atomic E-state index is 0.0295. The Morgan fingerprint density at radius 1 is 1.33 bits per heavy atom. The van der Waals surface area contributed by atoms with Crippen molar-refractivity contribution >= 4 is 5.78 Å². The molecule has 1 unspecified atom stereocenters. The second-order valence-electron chi connectivity index (χ2n) is 4.67. The van der Waals surface area contributed by atoms with E-state index in [1.165, 1.54) is 0 Å². The lowest BCUT2D eigenvalue weighted by Gasteiger charge is -2.54. The van der Waals surface area contributed by atoms with Crippen LogP contribution in [-0.2, 0) is 4.79 Å². The van der Waals surface area contributed by atoms with Crippen molar-refractivity contribution in [2.45, 2.75) is 53.4 Å². The lowest BCUT2D eigenvalue weighted by Crippen LogP contribution is -2.55. The van der Waals surface area contributed by atoms with E-state index in [0.29, 0.717) is 5.78 Å². The van der Waals surface area contributed by atoms with Crippen LogP contribution in [0.25, 0.3) is 0 Å². The van der Waals surface area contributed by atoms with Gasteiger partial charge in [-0.25, -0.2) is 0 Å². The lowest BCUT2D eigenvalue weighted by atomic mass is 9.47. The van der Waals surface area contributed by atoms with E-state index in [9.17, 15) is 4.79 Å². The van der Waals surface area contributed by atoms with Crippen LogP contribution in [0.1, 0.15) is 53.4 Å². The SMILES string of the molecule is CCCC1(CC)C(=O)CC1(C)C. The van der Waals surface area contributed by atoms with Crippen molar-refractivity contribution < 1.29 is 4.79 Å². The molecule has 70 valence electrons. The number of carbonyl (C=O) groups is 1. The average Bonchev–Trinajstić information content (AvgIpc) is 1.98. The fourth-order valence-corrected chi connectivity index (χ4v) is 2.77. The zero-order chi connectivity index (χ0) is 9.41. The van der Waals surface area contributed by atoms with Gasteiger partial charge in [-0.15, -0.1) is 0 Å². The third kappa shape index (κ3) is 1.02. The molecule has 0 saturated heterocycles. The topological polar surface area (TPSA) is 17.1 Å². The van der Waals surface area contributed by atoms with Crippen molar-refractivity contribution in [3.8, 4) is 0 Å². The number of ketones is 1. The number of rotatable bonds is 3. The number of Topliss-reactive ketones (excluding diaryl/α,β-unsaturated/α-hetero) is 1. The van der Waals surface area contributed by atoms with Crippen molar-refractivity contribution in [1.29, 1.82) is 0 Å². The van der Waals surface area contributed by atoms with E-state index < -0.39 is 0 Å². The highest BCUT2D eigenvalue weighted by Crippen LogP contribution is 2.58. The van der Waals surface area contributed by atoms with Gasteiger partial charge in [0.15, 0.2) is 0 Å². The van der Waals surface area contributed by atoms with E-state index in [0.717, 1.165) is 25.7 Å². The van der Waals surface area contributed by atoms with Gasteiger partial charge in [0.05, 0.1) is 0 Å². The van der Waals surface area contributed by atoms with Crippen LogP contribution in [0.3, 0.4) is 0 Å². The van der Waals surface area contributed by atoms with Gasteiger partial charge in [0.2, 0.25) is 0 Å². The molecule has 1 nitrogen and oxygen atoms in total. The maximum absolute atomic E-state index is 11.6. The van der Waals surface area contributed by atoms with Crippen molar-refractivity contribution in [2.24, 2.45) is 10.8 Å². The summed E-state index contributed by atoms with van der Waals surface area (Å²) in [7, 11) is 0. The first-order chi connectivity index (χ1) is 5.50. The highest BCUT2D eigenvalue weighted by Gasteiger charge is 2.57. The Morgan fingerprint density at radius 3 is 2.08 bits per heavy atom. The summed E-state index contributed by atoms with van der Waals surface area (Å²) < 4.78 is 0. The maximum Gasteiger partial charge on any atom is 0.140 e. The van der Waals surface area contributed by atoms with Crippen LogP contribution in [0.4, 0.5) is 0 Å². The molecule has 1 aliphatic rings. The summed E-state index contributed by atoms with van der Waals surface area (Å²) in [5.74, 6) is 0.497. The van der Waals surface area contributed by atoms with E-state index in [1.54, 1.807) is 0 Å². The highest BCUT2D eigenvalue weighted by molar-refractivity contribution is 5.92. The fraction of sp³-hybridized carbons (Fsp3) is 0.909. The van der Waals surface area contributed by atoms with Gasteiger partial charge in [0, 0.05) is 11.8 Å². The lowest BCUT2D eigenvalue weighted by molar-refractivity contribution is -0.158. The van der Waals surface area contributed by atoms with Crippen LogP contribution >= 0.6 is 0 Å². The molecular weight excluding hydrogens is 148 g/mol. The third-order valence-corrected chi connectivity index (χ3v) is 3.71. The number of carbonyl (C=O) groups excluding carboxylic acids is 1. The molecule has 0 aromatic heterocycles. The van der Waals surface area contributed by atoms with Crippen molar-refractivity contribution in [3.63, 3.8) is 0 Å². The van der Waals surface area contributed by atoms with E-state index in [2.05, 4.69) is 27.7 Å². The number of hydrogen-bond donors (Lipinski definition) is 0. The first-order valence-electron chi connectivity index (χ1n) is 5.03.